The molecule has 7 heteroatoms. The van der Waals surface area contributed by atoms with E-state index in [1.165, 1.54) is 0 Å². The number of carbonyl (C=O) groups excluding carboxylic acids is 1. The Kier molecular flexibility index (Phi) is 2.86. The maximum atomic E-state index is 11.6. The van der Waals surface area contributed by atoms with Crippen LogP contribution in [0, 0.1) is 5.41 Å². The van der Waals surface area contributed by atoms with Gasteiger partial charge in [0.05, 0.1) is 12.6 Å². The van der Waals surface area contributed by atoms with Gasteiger partial charge in [-0.05, 0) is 10.4 Å². The fourth-order valence-corrected chi connectivity index (χ4v) is 1.85. The molecule has 0 bridgehead atoms. The van der Waals surface area contributed by atoms with Gasteiger partial charge < -0.3 is 10.6 Å². The molecule has 1 aliphatic heterocycles. The third-order valence-electron chi connectivity index (χ3n) is 2.84. The smallest absolute Gasteiger partial charge is 0.237 e. The van der Waals surface area contributed by atoms with E-state index in [1.807, 2.05) is 0 Å². The summed E-state index contributed by atoms with van der Waals surface area (Å²) < 4.78 is 1.63. The van der Waals surface area contributed by atoms with Gasteiger partial charge in [-0.1, -0.05) is 13.8 Å². The summed E-state index contributed by atoms with van der Waals surface area (Å²) in [6.07, 6.45) is 1.56. The van der Waals surface area contributed by atoms with E-state index >= 15 is 0 Å². The van der Waals surface area contributed by atoms with Crippen molar-refractivity contribution in [3.05, 3.63) is 6.33 Å². The van der Waals surface area contributed by atoms with E-state index in [0.717, 1.165) is 0 Å². The molecule has 0 aliphatic carbocycles. The highest BCUT2D eigenvalue weighted by atomic mass is 16.2. The average molecular weight is 224 g/mol. The molecular formula is C9H16N6O. The molecule has 7 nitrogen and oxygen atoms in total. The van der Waals surface area contributed by atoms with Gasteiger partial charge >= 0.3 is 0 Å². The summed E-state index contributed by atoms with van der Waals surface area (Å²) in [4.78, 5) is 11.6. The van der Waals surface area contributed by atoms with Gasteiger partial charge in [0.1, 0.15) is 6.33 Å². The van der Waals surface area contributed by atoms with Gasteiger partial charge in [-0.2, -0.15) is 0 Å². The lowest BCUT2D eigenvalue weighted by Crippen LogP contribution is -2.45. The molecule has 0 aromatic carbocycles. The van der Waals surface area contributed by atoms with Crippen molar-refractivity contribution < 1.29 is 4.79 Å². The highest BCUT2D eigenvalue weighted by molar-refractivity contribution is 5.85. The number of hydrogen-bond donors (Lipinski definition) is 2. The molecule has 1 unspecified atom stereocenters. The zero-order chi connectivity index (χ0) is 11.6. The van der Waals surface area contributed by atoms with Gasteiger partial charge in [0.2, 0.25) is 5.91 Å². The Hall–Kier alpha value is -1.50. The molecule has 2 heterocycles. The van der Waals surface area contributed by atoms with E-state index in [2.05, 4.69) is 40.0 Å². The summed E-state index contributed by atoms with van der Waals surface area (Å²) in [6, 6.07) is -0.135. The van der Waals surface area contributed by atoms with Crippen molar-refractivity contribution in [3.63, 3.8) is 0 Å². The predicted molar refractivity (Wildman–Crippen MR) is 56.4 cm³/mol. The van der Waals surface area contributed by atoms with Crippen LogP contribution >= 0.6 is 0 Å². The summed E-state index contributed by atoms with van der Waals surface area (Å²) in [5, 5.41) is 16.9. The van der Waals surface area contributed by atoms with E-state index in [1.54, 1.807) is 11.0 Å². The Morgan fingerprint density at radius 3 is 3.06 bits per heavy atom. The summed E-state index contributed by atoms with van der Waals surface area (Å²) in [7, 11) is 0. The first kappa shape index (κ1) is 11.0. The van der Waals surface area contributed by atoms with E-state index in [9.17, 15) is 4.79 Å². The van der Waals surface area contributed by atoms with Crippen molar-refractivity contribution in [1.82, 2.24) is 30.8 Å². The molecule has 0 spiro atoms. The Balaban J connectivity index is 1.83. The topological polar surface area (TPSA) is 84.7 Å². The van der Waals surface area contributed by atoms with Crippen molar-refractivity contribution >= 4 is 5.91 Å². The van der Waals surface area contributed by atoms with E-state index in [4.69, 9.17) is 0 Å². The largest absolute Gasteiger partial charge is 0.354 e. The Bertz CT molecular complexity index is 360. The molecule has 2 rings (SSSR count). The van der Waals surface area contributed by atoms with Crippen LogP contribution in [0.15, 0.2) is 6.33 Å². The number of aromatic nitrogens is 4. The maximum Gasteiger partial charge on any atom is 0.237 e. The maximum absolute atomic E-state index is 11.6. The molecule has 1 aromatic heterocycles. The number of tetrazole rings is 1. The average Bonchev–Trinajstić information content (AvgIpc) is 2.81. The Labute approximate surface area is 93.6 Å². The van der Waals surface area contributed by atoms with Gasteiger partial charge in [-0.15, -0.1) is 5.10 Å². The van der Waals surface area contributed by atoms with Crippen LogP contribution in [0.2, 0.25) is 0 Å². The first-order chi connectivity index (χ1) is 7.59. The van der Waals surface area contributed by atoms with Gasteiger partial charge in [-0.25, -0.2) is 4.68 Å². The number of carbonyl (C=O) groups is 1. The number of nitrogens with one attached hydrogen (secondary N) is 2. The molecule has 0 saturated carbocycles. The minimum absolute atomic E-state index is 0.0439. The molecule has 1 aromatic rings. The van der Waals surface area contributed by atoms with Gasteiger partial charge in [-0.3, -0.25) is 4.79 Å². The number of rotatable bonds is 4. The normalized spacial score (nSPS) is 23.4. The van der Waals surface area contributed by atoms with Crippen LogP contribution in [0.5, 0.6) is 0 Å². The fraction of sp³-hybridized carbons (Fsp3) is 0.778. The van der Waals surface area contributed by atoms with Crippen LogP contribution < -0.4 is 10.6 Å². The highest BCUT2D eigenvalue weighted by Gasteiger charge is 2.40. The molecule has 1 amide bonds. The molecule has 0 radical (unpaired) electrons. The first-order valence-electron chi connectivity index (χ1n) is 5.31. The summed E-state index contributed by atoms with van der Waals surface area (Å²) in [5.74, 6) is 0.0710. The summed E-state index contributed by atoms with van der Waals surface area (Å²) >= 11 is 0. The highest BCUT2D eigenvalue weighted by Crippen LogP contribution is 2.24. The number of nitrogens with zero attached hydrogens (tertiary/aromatic N) is 4. The third-order valence-corrected chi connectivity index (χ3v) is 2.84. The molecule has 2 N–H and O–H groups in total. The van der Waals surface area contributed by atoms with Crippen LogP contribution in [-0.2, 0) is 11.3 Å². The van der Waals surface area contributed by atoms with Crippen molar-refractivity contribution in [1.29, 1.82) is 0 Å². The van der Waals surface area contributed by atoms with Crippen molar-refractivity contribution in [2.24, 2.45) is 5.41 Å². The second-order valence-corrected chi connectivity index (χ2v) is 4.67. The van der Waals surface area contributed by atoms with E-state index in [-0.39, 0.29) is 17.4 Å². The van der Waals surface area contributed by atoms with Crippen LogP contribution in [0.1, 0.15) is 13.8 Å². The fourth-order valence-electron chi connectivity index (χ4n) is 1.85. The third kappa shape index (κ3) is 2.19. The number of amides is 1. The standard InChI is InChI=1S/C9H16N6O/c1-9(2)5-11-8(16)7(9)10-3-4-15-6-12-13-14-15/h6-7,10H,3-5H2,1-2H3,(H,11,16). The minimum Gasteiger partial charge on any atom is -0.354 e. The lowest BCUT2D eigenvalue weighted by atomic mass is 9.87. The van der Waals surface area contributed by atoms with E-state index in [0.29, 0.717) is 19.6 Å². The van der Waals surface area contributed by atoms with Gasteiger partial charge in [0, 0.05) is 18.5 Å². The molecule has 16 heavy (non-hydrogen) atoms. The SMILES string of the molecule is CC1(C)CNC(=O)C1NCCn1cnnn1. The van der Waals surface area contributed by atoms with Crippen LogP contribution in [0.25, 0.3) is 0 Å². The van der Waals surface area contributed by atoms with Crippen LogP contribution in [-0.4, -0.2) is 45.2 Å². The molecular weight excluding hydrogens is 208 g/mol. The Morgan fingerprint density at radius 1 is 1.69 bits per heavy atom. The molecule has 1 fully saturated rings. The van der Waals surface area contributed by atoms with Gasteiger partial charge in [0.15, 0.2) is 0 Å². The number of hydrogen-bond acceptors (Lipinski definition) is 5. The lowest BCUT2D eigenvalue weighted by Gasteiger charge is -2.24. The monoisotopic (exact) mass is 224 g/mol. The lowest BCUT2D eigenvalue weighted by molar-refractivity contribution is -0.121. The van der Waals surface area contributed by atoms with Crippen LogP contribution in [0.3, 0.4) is 0 Å². The van der Waals surface area contributed by atoms with E-state index < -0.39 is 0 Å². The van der Waals surface area contributed by atoms with Crippen LogP contribution in [0.4, 0.5) is 0 Å². The molecule has 1 saturated heterocycles. The van der Waals surface area contributed by atoms with Gasteiger partial charge in [0.25, 0.3) is 0 Å². The molecule has 1 aliphatic rings. The zero-order valence-electron chi connectivity index (χ0n) is 9.47. The zero-order valence-corrected chi connectivity index (χ0v) is 9.47. The summed E-state index contributed by atoms with van der Waals surface area (Å²) in [6.45, 7) is 6.19. The second kappa shape index (κ2) is 4.17. The molecule has 1 atom stereocenters. The molecule has 88 valence electrons. The van der Waals surface area contributed by atoms with Crippen molar-refractivity contribution in [3.8, 4) is 0 Å². The predicted octanol–water partition coefficient (Wildman–Crippen LogP) is -1.21. The second-order valence-electron chi connectivity index (χ2n) is 4.67. The summed E-state index contributed by atoms with van der Waals surface area (Å²) in [5.41, 5.74) is -0.0439. The quantitative estimate of drug-likeness (QED) is 0.670. The first-order valence-corrected chi connectivity index (χ1v) is 5.31. The minimum atomic E-state index is -0.135. The Morgan fingerprint density at radius 2 is 2.50 bits per heavy atom. The van der Waals surface area contributed by atoms with Crippen molar-refractivity contribution in [2.75, 3.05) is 13.1 Å². The van der Waals surface area contributed by atoms with Crippen molar-refractivity contribution in [2.45, 2.75) is 26.4 Å².